The summed E-state index contributed by atoms with van der Waals surface area (Å²) < 4.78 is 4.94. The molecule has 0 fully saturated rings. The number of esters is 1. The van der Waals surface area contributed by atoms with Gasteiger partial charge in [0.1, 0.15) is 0 Å². The fraction of sp³-hybridized carbons (Fsp3) is 0.700. The molecule has 0 aliphatic carbocycles. The quantitative estimate of drug-likeness (QED) is 0.631. The van der Waals surface area contributed by atoms with Crippen molar-refractivity contribution in [2.45, 2.75) is 20.3 Å². The van der Waals surface area contributed by atoms with E-state index >= 15 is 0 Å². The van der Waals surface area contributed by atoms with Crippen LogP contribution in [-0.2, 0) is 9.53 Å². The molecule has 0 saturated heterocycles. The lowest BCUT2D eigenvalue weighted by atomic mass is 10.3. The number of ether oxygens (including phenoxy) is 1. The maximum atomic E-state index is 11.4. The van der Waals surface area contributed by atoms with Gasteiger partial charge in [0, 0.05) is 19.8 Å². The van der Waals surface area contributed by atoms with E-state index in [4.69, 9.17) is 4.74 Å². The maximum absolute atomic E-state index is 11.4. The van der Waals surface area contributed by atoms with Crippen LogP contribution in [0.15, 0.2) is 11.8 Å². The molecule has 0 spiro atoms. The first kappa shape index (κ1) is 11.0. The van der Waals surface area contributed by atoms with Gasteiger partial charge in [-0.15, -0.1) is 0 Å². The molecule has 0 amide bonds. The van der Waals surface area contributed by atoms with Crippen molar-refractivity contribution >= 4 is 5.97 Å². The van der Waals surface area contributed by atoms with E-state index in [-0.39, 0.29) is 5.97 Å². The van der Waals surface area contributed by atoms with Gasteiger partial charge in [-0.1, -0.05) is 6.92 Å². The number of hydrogen-bond acceptors (Lipinski definition) is 4. The minimum Gasteiger partial charge on any atom is -0.463 e. The molecule has 1 heterocycles. The van der Waals surface area contributed by atoms with Crippen molar-refractivity contribution in [3.8, 4) is 0 Å². The minimum absolute atomic E-state index is 0.196. The van der Waals surface area contributed by atoms with Crippen LogP contribution >= 0.6 is 0 Å². The van der Waals surface area contributed by atoms with Gasteiger partial charge in [0.15, 0.2) is 0 Å². The van der Waals surface area contributed by atoms with Crippen LogP contribution in [0, 0.1) is 0 Å². The highest BCUT2D eigenvalue weighted by Crippen LogP contribution is 2.14. The zero-order chi connectivity index (χ0) is 10.6. The summed E-state index contributed by atoms with van der Waals surface area (Å²) in [6, 6.07) is 0. The topological polar surface area (TPSA) is 32.8 Å². The fourth-order valence-corrected chi connectivity index (χ4v) is 1.49. The van der Waals surface area contributed by atoms with Gasteiger partial charge in [-0.3, -0.25) is 0 Å². The van der Waals surface area contributed by atoms with E-state index in [1.807, 2.05) is 25.2 Å². The third-order valence-corrected chi connectivity index (χ3v) is 2.16. The van der Waals surface area contributed by atoms with Crippen LogP contribution in [-0.4, -0.2) is 42.7 Å². The largest absolute Gasteiger partial charge is 0.463 e. The first-order valence-electron chi connectivity index (χ1n) is 5.04. The zero-order valence-corrected chi connectivity index (χ0v) is 9.12. The monoisotopic (exact) mass is 198 g/mol. The summed E-state index contributed by atoms with van der Waals surface area (Å²) in [6.45, 7) is 6.02. The fourth-order valence-electron chi connectivity index (χ4n) is 1.49. The SMILES string of the molecule is CCCN1CC(C(=O)OCC)=CN1C. The number of rotatable bonds is 4. The molecular formula is C10H18N2O2. The molecule has 1 aliphatic rings. The highest BCUT2D eigenvalue weighted by Gasteiger charge is 2.23. The second kappa shape index (κ2) is 5.00. The summed E-state index contributed by atoms with van der Waals surface area (Å²) in [5, 5.41) is 4.07. The van der Waals surface area contributed by atoms with Crippen LogP contribution in [0.5, 0.6) is 0 Å². The lowest BCUT2D eigenvalue weighted by Crippen LogP contribution is -2.33. The second-order valence-electron chi connectivity index (χ2n) is 3.34. The Hall–Kier alpha value is -1.03. The Morgan fingerprint density at radius 2 is 2.29 bits per heavy atom. The van der Waals surface area contributed by atoms with Crippen LogP contribution in [0.1, 0.15) is 20.3 Å². The Morgan fingerprint density at radius 1 is 1.57 bits per heavy atom. The van der Waals surface area contributed by atoms with Gasteiger partial charge in [-0.25, -0.2) is 9.80 Å². The molecule has 1 aliphatic heterocycles. The lowest BCUT2D eigenvalue weighted by molar-refractivity contribution is -0.138. The summed E-state index contributed by atoms with van der Waals surface area (Å²) in [6.07, 6.45) is 2.92. The van der Waals surface area contributed by atoms with Crippen molar-refractivity contribution in [3.63, 3.8) is 0 Å². The molecular weight excluding hydrogens is 180 g/mol. The number of carbonyl (C=O) groups is 1. The van der Waals surface area contributed by atoms with Crippen molar-refractivity contribution in [1.29, 1.82) is 0 Å². The second-order valence-corrected chi connectivity index (χ2v) is 3.34. The first-order valence-corrected chi connectivity index (χ1v) is 5.04. The van der Waals surface area contributed by atoms with E-state index in [0.717, 1.165) is 18.5 Å². The predicted molar refractivity (Wildman–Crippen MR) is 54.3 cm³/mol. The Labute approximate surface area is 85.1 Å². The van der Waals surface area contributed by atoms with Crippen molar-refractivity contribution in [1.82, 2.24) is 10.0 Å². The van der Waals surface area contributed by atoms with Crippen molar-refractivity contribution in [2.75, 3.05) is 26.7 Å². The smallest absolute Gasteiger partial charge is 0.336 e. The molecule has 0 saturated carbocycles. The van der Waals surface area contributed by atoms with Gasteiger partial charge in [-0.2, -0.15) is 0 Å². The van der Waals surface area contributed by atoms with E-state index in [1.165, 1.54) is 0 Å². The Bertz CT molecular complexity index is 238. The third kappa shape index (κ3) is 2.48. The number of hydrogen-bond donors (Lipinski definition) is 0. The third-order valence-electron chi connectivity index (χ3n) is 2.16. The van der Waals surface area contributed by atoms with E-state index in [2.05, 4.69) is 11.9 Å². The maximum Gasteiger partial charge on any atom is 0.336 e. The predicted octanol–water partition coefficient (Wildman–Crippen LogP) is 1.01. The average Bonchev–Trinajstić information content (AvgIpc) is 2.49. The number of carbonyl (C=O) groups excluding carboxylic acids is 1. The molecule has 0 N–H and O–H groups in total. The van der Waals surface area contributed by atoms with Gasteiger partial charge in [0.25, 0.3) is 0 Å². The van der Waals surface area contributed by atoms with E-state index in [9.17, 15) is 4.79 Å². The van der Waals surface area contributed by atoms with Crippen molar-refractivity contribution < 1.29 is 9.53 Å². The normalized spacial score (nSPS) is 17.1. The van der Waals surface area contributed by atoms with E-state index in [1.54, 1.807) is 0 Å². The molecule has 0 atom stereocenters. The number of hydrazine groups is 1. The average molecular weight is 198 g/mol. The molecule has 1 rings (SSSR count). The summed E-state index contributed by atoms with van der Waals surface area (Å²) in [4.78, 5) is 11.4. The lowest BCUT2D eigenvalue weighted by Gasteiger charge is -2.23. The molecule has 0 unspecified atom stereocenters. The molecule has 0 aromatic rings. The van der Waals surface area contributed by atoms with E-state index < -0.39 is 0 Å². The van der Waals surface area contributed by atoms with E-state index in [0.29, 0.717) is 13.2 Å². The van der Waals surface area contributed by atoms with Crippen molar-refractivity contribution in [3.05, 3.63) is 11.8 Å². The minimum atomic E-state index is -0.196. The molecule has 14 heavy (non-hydrogen) atoms. The van der Waals surface area contributed by atoms with Gasteiger partial charge in [0.2, 0.25) is 0 Å². The highest BCUT2D eigenvalue weighted by atomic mass is 16.5. The Kier molecular flexibility index (Phi) is 3.95. The Morgan fingerprint density at radius 3 is 2.86 bits per heavy atom. The van der Waals surface area contributed by atoms with Crippen LogP contribution in [0.4, 0.5) is 0 Å². The highest BCUT2D eigenvalue weighted by molar-refractivity contribution is 5.89. The molecule has 0 aromatic carbocycles. The van der Waals surface area contributed by atoms with Crippen LogP contribution in [0.25, 0.3) is 0 Å². The van der Waals surface area contributed by atoms with Gasteiger partial charge in [0.05, 0.1) is 18.7 Å². The van der Waals surface area contributed by atoms with Crippen LogP contribution in [0.3, 0.4) is 0 Å². The van der Waals surface area contributed by atoms with Crippen LogP contribution in [0.2, 0.25) is 0 Å². The van der Waals surface area contributed by atoms with Crippen LogP contribution < -0.4 is 0 Å². The Balaban J connectivity index is 2.50. The summed E-state index contributed by atoms with van der Waals surface area (Å²) in [5.41, 5.74) is 0.739. The molecule has 4 nitrogen and oxygen atoms in total. The zero-order valence-electron chi connectivity index (χ0n) is 9.12. The van der Waals surface area contributed by atoms with Gasteiger partial charge in [-0.05, 0) is 13.3 Å². The standard InChI is InChI=1S/C10H18N2O2/c1-4-6-12-8-9(7-11(12)3)10(13)14-5-2/h7H,4-6,8H2,1-3H3. The summed E-state index contributed by atoms with van der Waals surface area (Å²) in [7, 11) is 1.95. The van der Waals surface area contributed by atoms with Gasteiger partial charge >= 0.3 is 5.97 Å². The molecule has 0 radical (unpaired) electrons. The first-order chi connectivity index (χ1) is 6.69. The summed E-state index contributed by atoms with van der Waals surface area (Å²) in [5.74, 6) is -0.196. The van der Waals surface area contributed by atoms with Crippen molar-refractivity contribution in [2.24, 2.45) is 0 Å². The molecule has 0 bridgehead atoms. The molecule has 4 heteroatoms. The molecule has 0 aromatic heterocycles. The van der Waals surface area contributed by atoms with Gasteiger partial charge < -0.3 is 9.75 Å². The number of nitrogens with zero attached hydrogens (tertiary/aromatic N) is 2. The summed E-state index contributed by atoms with van der Waals surface area (Å²) >= 11 is 0. The molecule has 80 valence electrons.